The zero-order valence-electron chi connectivity index (χ0n) is 8.53. The van der Waals surface area contributed by atoms with Crippen molar-refractivity contribution in [3.8, 4) is 0 Å². The monoisotopic (exact) mass is 192 g/mol. The second-order valence-corrected chi connectivity index (χ2v) is 3.18. The van der Waals surface area contributed by atoms with Crippen LogP contribution >= 0.6 is 0 Å². The summed E-state index contributed by atoms with van der Waals surface area (Å²) in [7, 11) is 0. The number of ketones is 1. The highest BCUT2D eigenvalue weighted by Gasteiger charge is 1.97. The number of carbonyl (C=O) groups excluding carboxylic acids is 1. The summed E-state index contributed by atoms with van der Waals surface area (Å²) in [5.74, 6) is 0.262. The first kappa shape index (κ1) is 10.9. The molecule has 1 rings (SSSR count). The number of carbonyl (C=O) groups is 1. The van der Waals surface area contributed by atoms with Gasteiger partial charge in [0.05, 0.1) is 13.2 Å². The van der Waals surface area contributed by atoms with Gasteiger partial charge in [0, 0.05) is 12.8 Å². The zero-order chi connectivity index (χ0) is 10.2. The van der Waals surface area contributed by atoms with Crippen molar-refractivity contribution in [3.63, 3.8) is 0 Å². The summed E-state index contributed by atoms with van der Waals surface area (Å²) in [6, 6.07) is 9.97. The molecule has 2 nitrogen and oxygen atoms in total. The van der Waals surface area contributed by atoms with E-state index in [4.69, 9.17) is 4.74 Å². The largest absolute Gasteiger partial charge is 0.376 e. The third kappa shape index (κ3) is 4.19. The number of Topliss-reactive ketones (excluding diaryl/α,β-unsaturated/α-hetero) is 1. The quantitative estimate of drug-likeness (QED) is 0.647. The fourth-order valence-corrected chi connectivity index (χ4v) is 1.13. The molecule has 0 amide bonds. The fourth-order valence-electron chi connectivity index (χ4n) is 1.13. The number of hydrogen-bond acceptors (Lipinski definition) is 2. The van der Waals surface area contributed by atoms with Crippen LogP contribution in [0.4, 0.5) is 0 Å². The molecule has 0 unspecified atom stereocenters. The van der Waals surface area contributed by atoms with Gasteiger partial charge in [-0.05, 0) is 5.56 Å². The van der Waals surface area contributed by atoms with Gasteiger partial charge in [-0.25, -0.2) is 0 Å². The topological polar surface area (TPSA) is 26.3 Å². The lowest BCUT2D eigenvalue weighted by molar-refractivity contribution is -0.119. The summed E-state index contributed by atoms with van der Waals surface area (Å²) in [5.41, 5.74) is 1.15. The van der Waals surface area contributed by atoms with E-state index in [1.165, 1.54) is 0 Å². The van der Waals surface area contributed by atoms with Gasteiger partial charge in [-0.1, -0.05) is 37.3 Å². The molecule has 0 fully saturated rings. The van der Waals surface area contributed by atoms with Crippen molar-refractivity contribution >= 4 is 5.78 Å². The molecule has 0 spiro atoms. The predicted octanol–water partition coefficient (Wildman–Crippen LogP) is 2.57. The Kier molecular flexibility index (Phi) is 4.94. The second-order valence-electron chi connectivity index (χ2n) is 3.18. The number of rotatable bonds is 6. The Morgan fingerprint density at radius 1 is 1.29 bits per heavy atom. The highest BCUT2D eigenvalue weighted by molar-refractivity contribution is 5.78. The first-order chi connectivity index (χ1) is 6.83. The standard InChI is InChI=1S/C12H16O2/c1-2-12(13)8-9-14-10-11-6-4-3-5-7-11/h3-7H,2,8-10H2,1H3. The van der Waals surface area contributed by atoms with Crippen LogP contribution in [-0.4, -0.2) is 12.4 Å². The van der Waals surface area contributed by atoms with Crippen LogP contribution < -0.4 is 0 Å². The lowest BCUT2D eigenvalue weighted by Gasteiger charge is -2.02. The molecule has 0 bridgehead atoms. The van der Waals surface area contributed by atoms with Gasteiger partial charge in [0.1, 0.15) is 5.78 Å². The van der Waals surface area contributed by atoms with Gasteiger partial charge >= 0.3 is 0 Å². The molecule has 0 radical (unpaired) electrons. The molecule has 0 atom stereocenters. The lowest BCUT2D eigenvalue weighted by atomic mass is 10.2. The molecule has 0 saturated carbocycles. The second kappa shape index (κ2) is 6.33. The van der Waals surface area contributed by atoms with E-state index in [9.17, 15) is 4.79 Å². The van der Waals surface area contributed by atoms with Crippen molar-refractivity contribution in [2.45, 2.75) is 26.4 Å². The van der Waals surface area contributed by atoms with Gasteiger partial charge < -0.3 is 4.74 Å². The van der Waals surface area contributed by atoms with E-state index in [1.807, 2.05) is 37.3 Å². The van der Waals surface area contributed by atoms with Crippen LogP contribution in [-0.2, 0) is 16.1 Å². The highest BCUT2D eigenvalue weighted by Crippen LogP contribution is 2.01. The van der Waals surface area contributed by atoms with E-state index < -0.39 is 0 Å². The van der Waals surface area contributed by atoms with Crippen molar-refractivity contribution in [1.29, 1.82) is 0 Å². The van der Waals surface area contributed by atoms with Gasteiger partial charge in [-0.15, -0.1) is 0 Å². The summed E-state index contributed by atoms with van der Waals surface area (Å²) < 4.78 is 5.37. The van der Waals surface area contributed by atoms with Gasteiger partial charge in [0.15, 0.2) is 0 Å². The summed E-state index contributed by atoms with van der Waals surface area (Å²) >= 11 is 0. The highest BCUT2D eigenvalue weighted by atomic mass is 16.5. The van der Waals surface area contributed by atoms with Crippen LogP contribution in [0.1, 0.15) is 25.3 Å². The van der Waals surface area contributed by atoms with E-state index in [1.54, 1.807) is 0 Å². The molecule has 14 heavy (non-hydrogen) atoms. The predicted molar refractivity (Wildman–Crippen MR) is 56.0 cm³/mol. The molecular weight excluding hydrogens is 176 g/mol. The maximum Gasteiger partial charge on any atom is 0.134 e. The minimum absolute atomic E-state index is 0.262. The van der Waals surface area contributed by atoms with Crippen molar-refractivity contribution in [2.24, 2.45) is 0 Å². The Balaban J connectivity index is 2.13. The molecule has 2 heteroatoms. The summed E-state index contributed by atoms with van der Waals surface area (Å²) in [4.78, 5) is 10.9. The van der Waals surface area contributed by atoms with E-state index in [2.05, 4.69) is 0 Å². The molecule has 0 aliphatic carbocycles. The molecule has 0 aliphatic heterocycles. The number of hydrogen-bond donors (Lipinski definition) is 0. The van der Waals surface area contributed by atoms with E-state index in [0.29, 0.717) is 26.1 Å². The molecule has 0 N–H and O–H groups in total. The fraction of sp³-hybridized carbons (Fsp3) is 0.417. The average molecular weight is 192 g/mol. The van der Waals surface area contributed by atoms with E-state index in [0.717, 1.165) is 5.56 Å². The van der Waals surface area contributed by atoms with Gasteiger partial charge in [-0.3, -0.25) is 4.79 Å². The lowest BCUT2D eigenvalue weighted by Crippen LogP contribution is -2.02. The van der Waals surface area contributed by atoms with Gasteiger partial charge in [-0.2, -0.15) is 0 Å². The molecule has 0 saturated heterocycles. The minimum atomic E-state index is 0.262. The molecular formula is C12H16O2. The van der Waals surface area contributed by atoms with Gasteiger partial charge in [0.2, 0.25) is 0 Å². The summed E-state index contributed by atoms with van der Waals surface area (Å²) in [6.07, 6.45) is 1.14. The molecule has 0 aromatic heterocycles. The zero-order valence-corrected chi connectivity index (χ0v) is 8.53. The molecule has 0 aliphatic rings. The Labute approximate surface area is 84.9 Å². The molecule has 0 heterocycles. The van der Waals surface area contributed by atoms with Crippen LogP contribution in [0.15, 0.2) is 30.3 Å². The van der Waals surface area contributed by atoms with Crippen molar-refractivity contribution in [3.05, 3.63) is 35.9 Å². The molecule has 1 aromatic rings. The van der Waals surface area contributed by atoms with Crippen LogP contribution in [0.5, 0.6) is 0 Å². The SMILES string of the molecule is CCC(=O)CCOCc1ccccc1. The maximum absolute atomic E-state index is 10.9. The minimum Gasteiger partial charge on any atom is -0.376 e. The van der Waals surface area contributed by atoms with E-state index >= 15 is 0 Å². The smallest absolute Gasteiger partial charge is 0.134 e. The van der Waals surface area contributed by atoms with Crippen LogP contribution in [0.3, 0.4) is 0 Å². The number of benzene rings is 1. The molecule has 76 valence electrons. The first-order valence-electron chi connectivity index (χ1n) is 4.96. The Morgan fingerprint density at radius 2 is 2.00 bits per heavy atom. The Morgan fingerprint density at radius 3 is 2.64 bits per heavy atom. The third-order valence-electron chi connectivity index (χ3n) is 2.03. The van der Waals surface area contributed by atoms with Crippen LogP contribution in [0.2, 0.25) is 0 Å². The first-order valence-corrected chi connectivity index (χ1v) is 4.96. The Bertz CT molecular complexity index is 267. The van der Waals surface area contributed by atoms with Crippen molar-refractivity contribution in [2.75, 3.05) is 6.61 Å². The maximum atomic E-state index is 10.9. The van der Waals surface area contributed by atoms with E-state index in [-0.39, 0.29) is 5.78 Å². The third-order valence-corrected chi connectivity index (χ3v) is 2.03. The van der Waals surface area contributed by atoms with Crippen molar-refractivity contribution < 1.29 is 9.53 Å². The Hall–Kier alpha value is -1.15. The van der Waals surface area contributed by atoms with Crippen LogP contribution in [0, 0.1) is 0 Å². The van der Waals surface area contributed by atoms with Crippen LogP contribution in [0.25, 0.3) is 0 Å². The number of ether oxygens (including phenoxy) is 1. The normalized spacial score (nSPS) is 10.1. The molecule has 1 aromatic carbocycles. The van der Waals surface area contributed by atoms with Gasteiger partial charge in [0.25, 0.3) is 0 Å². The average Bonchev–Trinajstić information content (AvgIpc) is 2.25. The summed E-state index contributed by atoms with van der Waals surface area (Å²) in [6.45, 7) is 3.00. The van der Waals surface area contributed by atoms with Crippen molar-refractivity contribution in [1.82, 2.24) is 0 Å². The summed E-state index contributed by atoms with van der Waals surface area (Å²) in [5, 5.41) is 0.